The third-order valence-electron chi connectivity index (χ3n) is 2.62. The van der Waals surface area contributed by atoms with Crippen LogP contribution >= 0.6 is 0 Å². The molecule has 0 spiro atoms. The van der Waals surface area contributed by atoms with Gasteiger partial charge in [-0.1, -0.05) is 0 Å². The third-order valence-corrected chi connectivity index (χ3v) is 2.62. The summed E-state index contributed by atoms with van der Waals surface area (Å²) in [4.78, 5) is 14.2. The molecule has 2 aromatic rings. The number of aromatic nitrogens is 1. The Labute approximate surface area is 106 Å². The minimum Gasteiger partial charge on any atom is -0.494 e. The van der Waals surface area contributed by atoms with E-state index in [1.54, 1.807) is 6.92 Å². The number of esters is 1. The Balaban J connectivity index is 1.77. The molecule has 0 aliphatic carbocycles. The van der Waals surface area contributed by atoms with Crippen molar-refractivity contribution in [1.29, 1.82) is 0 Å². The van der Waals surface area contributed by atoms with Crippen molar-refractivity contribution in [2.45, 2.75) is 19.8 Å². The van der Waals surface area contributed by atoms with Gasteiger partial charge in [-0.15, -0.1) is 0 Å². The van der Waals surface area contributed by atoms with E-state index >= 15 is 0 Å². The first-order valence-corrected chi connectivity index (χ1v) is 6.15. The number of nitrogens with one attached hydrogen (secondary N) is 1. The van der Waals surface area contributed by atoms with E-state index < -0.39 is 0 Å². The van der Waals surface area contributed by atoms with Gasteiger partial charge in [0.1, 0.15) is 5.75 Å². The molecule has 0 radical (unpaired) electrons. The smallest absolute Gasteiger partial charge is 0.305 e. The Kier molecular flexibility index (Phi) is 4.23. The molecule has 1 heterocycles. The van der Waals surface area contributed by atoms with Crippen LogP contribution in [0.5, 0.6) is 5.75 Å². The molecule has 0 saturated heterocycles. The summed E-state index contributed by atoms with van der Waals surface area (Å²) in [5, 5.41) is 1.12. The zero-order chi connectivity index (χ0) is 12.8. The number of fused-ring (bicyclic) bond motifs is 1. The minimum absolute atomic E-state index is 0.165. The molecule has 1 N–H and O–H groups in total. The molecule has 0 amide bonds. The Hall–Kier alpha value is -1.97. The number of H-pyrrole nitrogens is 1. The lowest BCUT2D eigenvalue weighted by Gasteiger charge is -2.06. The fourth-order valence-electron chi connectivity index (χ4n) is 1.76. The van der Waals surface area contributed by atoms with Crippen LogP contribution in [0.2, 0.25) is 0 Å². The summed E-state index contributed by atoms with van der Waals surface area (Å²) in [6.07, 6.45) is 2.97. The number of carbonyl (C=O) groups is 1. The molecule has 0 aliphatic heterocycles. The van der Waals surface area contributed by atoms with Gasteiger partial charge in [0.2, 0.25) is 0 Å². The molecule has 1 aromatic carbocycles. The maximum Gasteiger partial charge on any atom is 0.305 e. The Morgan fingerprint density at radius 3 is 3.06 bits per heavy atom. The average molecular weight is 247 g/mol. The lowest BCUT2D eigenvalue weighted by atomic mass is 10.2. The molecule has 4 nitrogen and oxygen atoms in total. The van der Waals surface area contributed by atoms with Gasteiger partial charge >= 0.3 is 5.97 Å². The first-order chi connectivity index (χ1) is 8.79. The van der Waals surface area contributed by atoms with Crippen molar-refractivity contribution in [2.24, 2.45) is 0 Å². The quantitative estimate of drug-likeness (QED) is 0.630. The Bertz CT molecular complexity index is 518. The highest BCUT2D eigenvalue weighted by Crippen LogP contribution is 2.19. The fraction of sp³-hybridized carbons (Fsp3) is 0.357. The largest absolute Gasteiger partial charge is 0.494 e. The van der Waals surface area contributed by atoms with Gasteiger partial charge in [0.25, 0.3) is 0 Å². The Morgan fingerprint density at radius 1 is 1.33 bits per heavy atom. The van der Waals surface area contributed by atoms with Crippen LogP contribution < -0.4 is 4.74 Å². The van der Waals surface area contributed by atoms with E-state index in [1.807, 2.05) is 30.5 Å². The lowest BCUT2D eigenvalue weighted by molar-refractivity contribution is -0.143. The first-order valence-electron chi connectivity index (χ1n) is 6.15. The van der Waals surface area contributed by atoms with Crippen molar-refractivity contribution < 1.29 is 14.3 Å². The fourth-order valence-corrected chi connectivity index (χ4v) is 1.76. The van der Waals surface area contributed by atoms with Crippen molar-refractivity contribution in [3.8, 4) is 5.75 Å². The molecular weight excluding hydrogens is 230 g/mol. The summed E-state index contributed by atoms with van der Waals surface area (Å²) in [6, 6.07) is 7.89. The summed E-state index contributed by atoms with van der Waals surface area (Å²) in [5.74, 6) is 0.660. The first kappa shape index (κ1) is 12.5. The molecule has 0 saturated carbocycles. The molecule has 2 rings (SSSR count). The summed E-state index contributed by atoms with van der Waals surface area (Å²) in [6.45, 7) is 2.76. The molecular formula is C14H17NO3. The van der Waals surface area contributed by atoms with Gasteiger partial charge in [-0.3, -0.25) is 4.79 Å². The predicted molar refractivity (Wildman–Crippen MR) is 69.7 cm³/mol. The van der Waals surface area contributed by atoms with Crippen molar-refractivity contribution in [2.75, 3.05) is 13.2 Å². The molecule has 0 atom stereocenters. The second-order valence-corrected chi connectivity index (χ2v) is 3.98. The monoisotopic (exact) mass is 247 g/mol. The van der Waals surface area contributed by atoms with Gasteiger partial charge in [0, 0.05) is 23.5 Å². The topological polar surface area (TPSA) is 51.3 Å². The number of aromatic amines is 1. The minimum atomic E-state index is -0.165. The van der Waals surface area contributed by atoms with E-state index in [1.165, 1.54) is 0 Å². The summed E-state index contributed by atoms with van der Waals surface area (Å²) < 4.78 is 10.4. The van der Waals surface area contributed by atoms with Crippen molar-refractivity contribution in [1.82, 2.24) is 4.98 Å². The third kappa shape index (κ3) is 3.26. The number of carbonyl (C=O) groups excluding carboxylic acids is 1. The lowest BCUT2D eigenvalue weighted by Crippen LogP contribution is -2.06. The van der Waals surface area contributed by atoms with E-state index in [0.717, 1.165) is 16.7 Å². The van der Waals surface area contributed by atoms with Crippen molar-refractivity contribution in [3.63, 3.8) is 0 Å². The van der Waals surface area contributed by atoms with E-state index in [-0.39, 0.29) is 5.97 Å². The van der Waals surface area contributed by atoms with Crippen molar-refractivity contribution >= 4 is 16.9 Å². The maximum atomic E-state index is 11.1. The molecule has 0 fully saturated rings. The number of hydrogen-bond donors (Lipinski definition) is 1. The van der Waals surface area contributed by atoms with Gasteiger partial charge in [-0.25, -0.2) is 0 Å². The van der Waals surface area contributed by atoms with Gasteiger partial charge in [-0.05, 0) is 37.6 Å². The number of hydrogen-bond acceptors (Lipinski definition) is 3. The molecule has 0 bridgehead atoms. The van der Waals surface area contributed by atoms with Crippen LogP contribution in [0.15, 0.2) is 30.5 Å². The van der Waals surface area contributed by atoms with E-state index in [9.17, 15) is 4.79 Å². The van der Waals surface area contributed by atoms with Crippen LogP contribution in [0.3, 0.4) is 0 Å². The van der Waals surface area contributed by atoms with Crippen LogP contribution in [0.1, 0.15) is 19.8 Å². The summed E-state index contributed by atoms with van der Waals surface area (Å²) >= 11 is 0. The molecule has 96 valence electrons. The normalized spacial score (nSPS) is 10.5. The average Bonchev–Trinajstić information content (AvgIpc) is 2.82. The van der Waals surface area contributed by atoms with Crippen LogP contribution in [0.4, 0.5) is 0 Å². The highest BCUT2D eigenvalue weighted by molar-refractivity contribution is 5.80. The molecule has 18 heavy (non-hydrogen) atoms. The molecule has 0 aliphatic rings. The summed E-state index contributed by atoms with van der Waals surface area (Å²) in [5.41, 5.74) is 1.09. The summed E-state index contributed by atoms with van der Waals surface area (Å²) in [7, 11) is 0. The van der Waals surface area contributed by atoms with Gasteiger partial charge in [-0.2, -0.15) is 0 Å². The zero-order valence-electron chi connectivity index (χ0n) is 10.4. The van der Waals surface area contributed by atoms with Gasteiger partial charge < -0.3 is 14.5 Å². The van der Waals surface area contributed by atoms with E-state index in [0.29, 0.717) is 26.1 Å². The Morgan fingerprint density at radius 2 is 2.22 bits per heavy atom. The molecule has 4 heteroatoms. The second-order valence-electron chi connectivity index (χ2n) is 3.98. The number of rotatable bonds is 6. The molecule has 0 unspecified atom stereocenters. The van der Waals surface area contributed by atoms with Crippen molar-refractivity contribution in [3.05, 3.63) is 30.5 Å². The number of benzene rings is 1. The van der Waals surface area contributed by atoms with Gasteiger partial charge in [0.05, 0.1) is 13.2 Å². The van der Waals surface area contributed by atoms with E-state index in [4.69, 9.17) is 9.47 Å². The van der Waals surface area contributed by atoms with Crippen LogP contribution in [-0.2, 0) is 9.53 Å². The molecule has 1 aromatic heterocycles. The van der Waals surface area contributed by atoms with Gasteiger partial charge in [0.15, 0.2) is 0 Å². The van der Waals surface area contributed by atoms with Crippen LogP contribution in [0.25, 0.3) is 10.9 Å². The zero-order valence-corrected chi connectivity index (χ0v) is 10.4. The van der Waals surface area contributed by atoms with Crippen LogP contribution in [-0.4, -0.2) is 24.2 Å². The predicted octanol–water partition coefficient (Wildman–Crippen LogP) is 2.89. The highest BCUT2D eigenvalue weighted by Gasteiger charge is 2.02. The highest BCUT2D eigenvalue weighted by atomic mass is 16.5. The van der Waals surface area contributed by atoms with Crippen LogP contribution in [0, 0.1) is 0 Å². The number of ether oxygens (including phenoxy) is 2. The maximum absolute atomic E-state index is 11.1. The van der Waals surface area contributed by atoms with E-state index in [2.05, 4.69) is 4.98 Å². The second kappa shape index (κ2) is 6.10. The standard InChI is InChI=1S/C14H17NO3/c1-2-17-14(16)4-3-9-18-12-5-6-13-11(10-12)7-8-15-13/h5-8,10,15H,2-4,9H2,1H3. The SMILES string of the molecule is CCOC(=O)CCCOc1ccc2[nH]ccc2c1.